The molecule has 3 rings (SSSR count). The number of likely N-dealkylation sites (tertiary alicyclic amines) is 1. The number of carbonyl (C=O) groups excluding carboxylic acids is 1. The highest BCUT2D eigenvalue weighted by molar-refractivity contribution is 5.74. The van der Waals surface area contributed by atoms with Crippen molar-refractivity contribution in [3.63, 3.8) is 0 Å². The van der Waals surface area contributed by atoms with E-state index >= 15 is 0 Å². The van der Waals surface area contributed by atoms with E-state index in [9.17, 15) is 4.79 Å². The van der Waals surface area contributed by atoms with Gasteiger partial charge in [0.05, 0.1) is 0 Å². The van der Waals surface area contributed by atoms with Gasteiger partial charge in [0, 0.05) is 37.4 Å². The lowest BCUT2D eigenvalue weighted by Crippen LogP contribution is -2.50. The highest BCUT2D eigenvalue weighted by Gasteiger charge is 2.37. The molecule has 2 unspecified atom stereocenters. The fourth-order valence-electron chi connectivity index (χ4n) is 4.28. The largest absolute Gasteiger partial charge is 0.348 e. The van der Waals surface area contributed by atoms with Crippen LogP contribution in [-0.4, -0.2) is 40.0 Å². The van der Waals surface area contributed by atoms with Gasteiger partial charge in [0.2, 0.25) is 0 Å². The number of aromatic nitrogens is 2. The van der Waals surface area contributed by atoms with Crippen LogP contribution in [0.2, 0.25) is 0 Å². The van der Waals surface area contributed by atoms with Crippen LogP contribution in [-0.2, 0) is 0 Å². The number of rotatable bonds is 2. The van der Waals surface area contributed by atoms with E-state index in [1.54, 1.807) is 6.20 Å². The van der Waals surface area contributed by atoms with Crippen molar-refractivity contribution in [2.75, 3.05) is 13.1 Å². The first-order chi connectivity index (χ1) is 10.9. The maximum atomic E-state index is 12.6. The molecule has 5 nitrogen and oxygen atoms in total. The first-order valence-corrected chi connectivity index (χ1v) is 9.00. The lowest BCUT2D eigenvalue weighted by Gasteiger charge is -2.36. The third-order valence-corrected chi connectivity index (χ3v) is 5.63. The van der Waals surface area contributed by atoms with Crippen LogP contribution in [0.25, 0.3) is 0 Å². The molecule has 1 aliphatic carbocycles. The van der Waals surface area contributed by atoms with Gasteiger partial charge in [-0.05, 0) is 37.0 Å². The molecule has 23 heavy (non-hydrogen) atoms. The lowest BCUT2D eigenvalue weighted by atomic mass is 9.77. The van der Waals surface area contributed by atoms with Gasteiger partial charge in [-0.15, -0.1) is 0 Å². The number of carbonyl (C=O) groups is 1. The van der Waals surface area contributed by atoms with Crippen LogP contribution in [0.4, 0.5) is 4.79 Å². The topological polar surface area (TPSA) is 61.0 Å². The minimum Gasteiger partial charge on any atom is -0.348 e. The second kappa shape index (κ2) is 6.54. The van der Waals surface area contributed by atoms with E-state index in [2.05, 4.69) is 36.1 Å². The minimum absolute atomic E-state index is 0.129. The van der Waals surface area contributed by atoms with Crippen LogP contribution >= 0.6 is 0 Å². The molecule has 5 heteroatoms. The van der Waals surface area contributed by atoms with E-state index < -0.39 is 0 Å². The summed E-state index contributed by atoms with van der Waals surface area (Å²) in [6, 6.07) is 0.467. The van der Waals surface area contributed by atoms with Gasteiger partial charge in [0.25, 0.3) is 0 Å². The third kappa shape index (κ3) is 3.70. The van der Waals surface area contributed by atoms with Crippen LogP contribution in [0, 0.1) is 11.3 Å². The highest BCUT2D eigenvalue weighted by atomic mass is 16.2. The molecule has 2 heterocycles. The Balaban J connectivity index is 1.52. The van der Waals surface area contributed by atoms with Crippen molar-refractivity contribution in [3.8, 4) is 0 Å². The van der Waals surface area contributed by atoms with Crippen molar-refractivity contribution < 1.29 is 4.79 Å². The molecule has 1 aliphatic heterocycles. The SMILES string of the molecule is CC(C)(C)C1CCCC1NC(=O)N1CCC(c2ncc[nH]2)CC1. The Kier molecular flexibility index (Phi) is 4.64. The summed E-state index contributed by atoms with van der Waals surface area (Å²) in [4.78, 5) is 22.2. The molecule has 0 bridgehead atoms. The van der Waals surface area contributed by atoms with E-state index in [4.69, 9.17) is 0 Å². The maximum Gasteiger partial charge on any atom is 0.317 e. The number of amides is 2. The lowest BCUT2D eigenvalue weighted by molar-refractivity contribution is 0.160. The van der Waals surface area contributed by atoms with E-state index in [-0.39, 0.29) is 11.4 Å². The van der Waals surface area contributed by atoms with Crippen molar-refractivity contribution in [1.82, 2.24) is 20.2 Å². The first-order valence-electron chi connectivity index (χ1n) is 9.00. The number of nitrogens with zero attached hydrogens (tertiary/aromatic N) is 2. The number of aromatic amines is 1. The summed E-state index contributed by atoms with van der Waals surface area (Å²) in [5.41, 5.74) is 0.265. The summed E-state index contributed by atoms with van der Waals surface area (Å²) in [6.45, 7) is 8.51. The number of nitrogens with one attached hydrogen (secondary N) is 2. The number of hydrogen-bond donors (Lipinski definition) is 2. The van der Waals surface area contributed by atoms with Crippen LogP contribution in [0.3, 0.4) is 0 Å². The van der Waals surface area contributed by atoms with Crippen molar-refractivity contribution >= 4 is 6.03 Å². The fraction of sp³-hybridized carbons (Fsp3) is 0.778. The number of imidazole rings is 1. The van der Waals surface area contributed by atoms with Gasteiger partial charge in [-0.1, -0.05) is 27.2 Å². The molecule has 2 N–H and O–H groups in total. The van der Waals surface area contributed by atoms with Crippen molar-refractivity contribution in [1.29, 1.82) is 0 Å². The van der Waals surface area contributed by atoms with Gasteiger partial charge < -0.3 is 15.2 Å². The molecule has 0 aromatic carbocycles. The highest BCUT2D eigenvalue weighted by Crippen LogP contribution is 2.39. The zero-order valence-corrected chi connectivity index (χ0v) is 14.6. The normalized spacial score (nSPS) is 26.5. The number of piperidine rings is 1. The molecular formula is C18H30N4O. The van der Waals surface area contributed by atoms with E-state index in [0.717, 1.165) is 38.2 Å². The Morgan fingerprint density at radius 1 is 1.26 bits per heavy atom. The molecule has 1 aromatic rings. The summed E-state index contributed by atoms with van der Waals surface area (Å²) in [6.07, 6.45) is 9.25. The van der Waals surface area contributed by atoms with Crippen LogP contribution < -0.4 is 5.32 Å². The summed E-state index contributed by atoms with van der Waals surface area (Å²) in [7, 11) is 0. The molecule has 2 amide bonds. The van der Waals surface area contributed by atoms with Crippen molar-refractivity contribution in [3.05, 3.63) is 18.2 Å². The third-order valence-electron chi connectivity index (χ3n) is 5.63. The summed E-state index contributed by atoms with van der Waals surface area (Å²) in [5.74, 6) is 2.11. The van der Waals surface area contributed by atoms with Gasteiger partial charge in [0.1, 0.15) is 5.82 Å². The Bertz CT molecular complexity index is 512. The molecule has 2 fully saturated rings. The molecule has 1 saturated carbocycles. The molecule has 128 valence electrons. The van der Waals surface area contributed by atoms with E-state index in [0.29, 0.717) is 17.9 Å². The molecule has 0 spiro atoms. The average Bonchev–Trinajstić information content (AvgIpc) is 3.18. The molecular weight excluding hydrogens is 288 g/mol. The van der Waals surface area contributed by atoms with Crippen LogP contribution in [0.15, 0.2) is 12.4 Å². The van der Waals surface area contributed by atoms with E-state index in [1.165, 1.54) is 12.8 Å². The van der Waals surface area contributed by atoms with Crippen LogP contribution in [0.1, 0.15) is 64.6 Å². The number of H-pyrrole nitrogens is 1. The summed E-state index contributed by atoms with van der Waals surface area (Å²) in [5, 5.41) is 3.32. The number of hydrogen-bond acceptors (Lipinski definition) is 2. The standard InChI is InChI=1S/C18H30N4O/c1-18(2,3)14-5-4-6-15(14)21-17(23)22-11-7-13(8-12-22)16-19-9-10-20-16/h9-10,13-15H,4-8,11-12H2,1-3H3,(H,19,20)(H,21,23). The maximum absolute atomic E-state index is 12.6. The fourth-order valence-corrected chi connectivity index (χ4v) is 4.28. The van der Waals surface area contributed by atoms with E-state index in [1.807, 2.05) is 11.1 Å². The molecule has 1 saturated heterocycles. The molecule has 2 atom stereocenters. The van der Waals surface area contributed by atoms with Crippen molar-refractivity contribution in [2.24, 2.45) is 11.3 Å². The second-order valence-electron chi connectivity index (χ2n) is 8.20. The average molecular weight is 318 g/mol. The van der Waals surface area contributed by atoms with Gasteiger partial charge in [-0.2, -0.15) is 0 Å². The Labute approximate surface area is 139 Å². The summed E-state index contributed by atoms with van der Waals surface area (Å²) < 4.78 is 0. The molecule has 2 aliphatic rings. The second-order valence-corrected chi connectivity index (χ2v) is 8.20. The quantitative estimate of drug-likeness (QED) is 0.876. The first kappa shape index (κ1) is 16.3. The van der Waals surface area contributed by atoms with Crippen molar-refractivity contribution in [2.45, 2.75) is 64.8 Å². The minimum atomic E-state index is 0.129. The zero-order valence-electron chi connectivity index (χ0n) is 14.6. The molecule has 1 aromatic heterocycles. The Hall–Kier alpha value is -1.52. The Morgan fingerprint density at radius 2 is 2.00 bits per heavy atom. The zero-order chi connectivity index (χ0) is 16.4. The van der Waals surface area contributed by atoms with Crippen LogP contribution in [0.5, 0.6) is 0 Å². The monoisotopic (exact) mass is 318 g/mol. The van der Waals surface area contributed by atoms with Gasteiger partial charge in [0.15, 0.2) is 0 Å². The smallest absolute Gasteiger partial charge is 0.317 e. The molecule has 0 radical (unpaired) electrons. The van der Waals surface area contributed by atoms with Gasteiger partial charge in [-0.25, -0.2) is 9.78 Å². The summed E-state index contributed by atoms with van der Waals surface area (Å²) >= 11 is 0. The Morgan fingerprint density at radius 3 is 2.61 bits per heavy atom. The predicted molar refractivity (Wildman–Crippen MR) is 91.3 cm³/mol. The van der Waals surface area contributed by atoms with Gasteiger partial charge >= 0.3 is 6.03 Å². The predicted octanol–water partition coefficient (Wildman–Crippen LogP) is 3.51. The number of urea groups is 1. The van der Waals surface area contributed by atoms with Gasteiger partial charge in [-0.3, -0.25) is 0 Å².